The van der Waals surface area contributed by atoms with Gasteiger partial charge in [0, 0.05) is 0 Å². The molecule has 0 aliphatic carbocycles. The summed E-state index contributed by atoms with van der Waals surface area (Å²) in [6.45, 7) is 10.9. The zero-order chi connectivity index (χ0) is 12.5. The fourth-order valence-electron chi connectivity index (χ4n) is 0.597. The van der Waals surface area contributed by atoms with Gasteiger partial charge in [-0.05, 0) is 6.42 Å². The predicted molar refractivity (Wildman–Crippen MR) is 66.9 cm³/mol. The molecule has 0 amide bonds. The molecule has 0 aliphatic rings. The second-order valence-corrected chi connectivity index (χ2v) is 2.84. The molecule has 0 spiro atoms. The smallest absolute Gasteiger partial charge is 0.319 e. The Labute approximate surface area is 95.4 Å². The van der Waals surface area contributed by atoms with Crippen LogP contribution in [-0.2, 0) is 9.53 Å². The van der Waals surface area contributed by atoms with Crippen LogP contribution in [0, 0.1) is 0 Å². The lowest BCUT2D eigenvalue weighted by Gasteiger charge is -2.00. The SMILES string of the molecule is CC.CCC.CCCCCOC(=O)CN. The number of esters is 1. The highest BCUT2D eigenvalue weighted by Crippen LogP contribution is 1.93. The molecule has 0 saturated carbocycles. The third kappa shape index (κ3) is 31.8. The van der Waals surface area contributed by atoms with Crippen molar-refractivity contribution in [3.05, 3.63) is 0 Å². The maximum absolute atomic E-state index is 10.4. The Balaban J connectivity index is -0.000000245. The zero-order valence-corrected chi connectivity index (χ0v) is 11.1. The molecule has 0 unspecified atom stereocenters. The van der Waals surface area contributed by atoms with Gasteiger partial charge in [0.1, 0.15) is 0 Å². The van der Waals surface area contributed by atoms with Gasteiger partial charge in [0.15, 0.2) is 0 Å². The Morgan fingerprint density at radius 1 is 1.13 bits per heavy atom. The fraction of sp³-hybridized carbons (Fsp3) is 0.917. The van der Waals surface area contributed by atoms with Gasteiger partial charge >= 0.3 is 5.97 Å². The van der Waals surface area contributed by atoms with Crippen LogP contribution in [0.2, 0.25) is 0 Å². The molecule has 3 heteroatoms. The van der Waals surface area contributed by atoms with Crippen molar-refractivity contribution >= 4 is 5.97 Å². The van der Waals surface area contributed by atoms with Crippen molar-refractivity contribution in [3.63, 3.8) is 0 Å². The lowest BCUT2D eigenvalue weighted by atomic mass is 10.3. The van der Waals surface area contributed by atoms with Gasteiger partial charge in [0.25, 0.3) is 0 Å². The standard InChI is InChI=1S/C7H15NO2.C3H8.C2H6/c1-2-3-4-5-10-7(9)6-8;1-3-2;1-2/h2-6,8H2,1H3;3H2,1-2H3;1-2H3. The van der Waals surface area contributed by atoms with E-state index in [0.717, 1.165) is 19.3 Å². The normalized spacial score (nSPS) is 7.87. The van der Waals surface area contributed by atoms with Crippen molar-refractivity contribution < 1.29 is 9.53 Å². The summed E-state index contributed by atoms with van der Waals surface area (Å²) in [5.41, 5.74) is 5.01. The number of hydrogen-bond acceptors (Lipinski definition) is 3. The number of hydrogen-bond donors (Lipinski definition) is 1. The Bertz CT molecular complexity index is 106. The first-order chi connectivity index (χ1) is 7.22. The van der Waals surface area contributed by atoms with E-state index in [0.29, 0.717) is 6.61 Å². The molecule has 0 aromatic carbocycles. The summed E-state index contributed by atoms with van der Waals surface area (Å²) in [6.07, 6.45) is 4.44. The predicted octanol–water partition coefficient (Wildman–Crippen LogP) is 3.12. The monoisotopic (exact) mass is 219 g/mol. The molecule has 0 aromatic heterocycles. The lowest BCUT2D eigenvalue weighted by molar-refractivity contribution is -0.142. The maximum Gasteiger partial charge on any atom is 0.319 e. The topological polar surface area (TPSA) is 52.3 Å². The minimum Gasteiger partial charge on any atom is -0.465 e. The average molecular weight is 219 g/mol. The van der Waals surface area contributed by atoms with Crippen molar-refractivity contribution in [2.75, 3.05) is 13.2 Å². The molecule has 0 fully saturated rings. The maximum atomic E-state index is 10.4. The Hall–Kier alpha value is -0.570. The summed E-state index contributed by atoms with van der Waals surface area (Å²) in [4.78, 5) is 10.4. The minimum absolute atomic E-state index is 0.00781. The largest absolute Gasteiger partial charge is 0.465 e. The summed E-state index contributed by atoms with van der Waals surface area (Å²) in [6, 6.07) is 0. The van der Waals surface area contributed by atoms with Crippen LogP contribution in [0.4, 0.5) is 0 Å². The summed E-state index contributed by atoms with van der Waals surface area (Å²) in [5, 5.41) is 0. The van der Waals surface area contributed by atoms with E-state index < -0.39 is 0 Å². The van der Waals surface area contributed by atoms with Gasteiger partial charge in [-0.1, -0.05) is 53.9 Å². The molecule has 0 radical (unpaired) electrons. The van der Waals surface area contributed by atoms with Crippen LogP contribution >= 0.6 is 0 Å². The van der Waals surface area contributed by atoms with E-state index in [-0.39, 0.29) is 12.5 Å². The van der Waals surface area contributed by atoms with E-state index in [1.165, 1.54) is 6.42 Å². The van der Waals surface area contributed by atoms with Gasteiger partial charge < -0.3 is 10.5 Å². The Kier molecular flexibility index (Phi) is 31.0. The van der Waals surface area contributed by atoms with E-state index in [1.807, 2.05) is 13.8 Å². The van der Waals surface area contributed by atoms with Gasteiger partial charge in [-0.25, -0.2) is 0 Å². The van der Waals surface area contributed by atoms with Crippen molar-refractivity contribution in [3.8, 4) is 0 Å². The number of ether oxygens (including phenoxy) is 1. The molecular formula is C12H29NO2. The molecule has 15 heavy (non-hydrogen) atoms. The third-order valence-electron chi connectivity index (χ3n) is 1.18. The molecule has 0 rings (SSSR count). The fourth-order valence-corrected chi connectivity index (χ4v) is 0.597. The van der Waals surface area contributed by atoms with E-state index in [4.69, 9.17) is 10.5 Å². The number of rotatable bonds is 5. The van der Waals surface area contributed by atoms with E-state index in [2.05, 4.69) is 20.8 Å². The highest BCUT2D eigenvalue weighted by Gasteiger charge is 1.95. The van der Waals surface area contributed by atoms with Crippen LogP contribution in [0.3, 0.4) is 0 Å². The minimum atomic E-state index is -0.309. The van der Waals surface area contributed by atoms with Crippen LogP contribution in [0.25, 0.3) is 0 Å². The van der Waals surface area contributed by atoms with Crippen LogP contribution in [-0.4, -0.2) is 19.1 Å². The lowest BCUT2D eigenvalue weighted by Crippen LogP contribution is -2.17. The van der Waals surface area contributed by atoms with E-state index in [9.17, 15) is 4.79 Å². The highest BCUT2D eigenvalue weighted by atomic mass is 16.5. The molecule has 0 saturated heterocycles. The molecule has 0 bridgehead atoms. The zero-order valence-electron chi connectivity index (χ0n) is 11.1. The van der Waals surface area contributed by atoms with Gasteiger partial charge in [-0.2, -0.15) is 0 Å². The molecular weight excluding hydrogens is 190 g/mol. The van der Waals surface area contributed by atoms with Crippen molar-refractivity contribution in [2.45, 2.75) is 60.3 Å². The average Bonchev–Trinajstić information content (AvgIpc) is 2.28. The van der Waals surface area contributed by atoms with E-state index in [1.54, 1.807) is 0 Å². The first-order valence-corrected chi connectivity index (χ1v) is 6.08. The van der Waals surface area contributed by atoms with Crippen LogP contribution < -0.4 is 5.73 Å². The number of nitrogens with two attached hydrogens (primary N) is 1. The first-order valence-electron chi connectivity index (χ1n) is 6.08. The van der Waals surface area contributed by atoms with Gasteiger partial charge in [-0.3, -0.25) is 4.79 Å². The molecule has 0 aliphatic heterocycles. The second-order valence-electron chi connectivity index (χ2n) is 2.84. The summed E-state index contributed by atoms with van der Waals surface area (Å²) < 4.78 is 4.73. The second kappa shape index (κ2) is 23.3. The van der Waals surface area contributed by atoms with Crippen molar-refractivity contribution in [1.29, 1.82) is 0 Å². The van der Waals surface area contributed by atoms with Gasteiger partial charge in [-0.15, -0.1) is 0 Å². The number of carbonyl (C=O) groups excluding carboxylic acids is 1. The van der Waals surface area contributed by atoms with Crippen molar-refractivity contribution in [2.24, 2.45) is 5.73 Å². The molecule has 94 valence electrons. The molecule has 0 heterocycles. The highest BCUT2D eigenvalue weighted by molar-refractivity contribution is 5.71. The summed E-state index contributed by atoms with van der Waals surface area (Å²) in [5.74, 6) is -0.309. The van der Waals surface area contributed by atoms with Gasteiger partial charge in [0.05, 0.1) is 13.2 Å². The number of unbranched alkanes of at least 4 members (excludes halogenated alkanes) is 2. The Morgan fingerprint density at radius 3 is 1.93 bits per heavy atom. The molecule has 3 nitrogen and oxygen atoms in total. The third-order valence-corrected chi connectivity index (χ3v) is 1.18. The summed E-state index contributed by atoms with van der Waals surface area (Å²) in [7, 11) is 0. The summed E-state index contributed by atoms with van der Waals surface area (Å²) >= 11 is 0. The van der Waals surface area contributed by atoms with Crippen LogP contribution in [0.15, 0.2) is 0 Å². The molecule has 0 atom stereocenters. The number of carbonyl (C=O) groups is 1. The Morgan fingerprint density at radius 2 is 1.60 bits per heavy atom. The van der Waals surface area contributed by atoms with Gasteiger partial charge in [0.2, 0.25) is 0 Å². The molecule has 2 N–H and O–H groups in total. The van der Waals surface area contributed by atoms with E-state index >= 15 is 0 Å². The molecule has 0 aromatic rings. The first kappa shape index (κ1) is 19.9. The van der Waals surface area contributed by atoms with Crippen molar-refractivity contribution in [1.82, 2.24) is 0 Å². The quantitative estimate of drug-likeness (QED) is 0.571. The van der Waals surface area contributed by atoms with Crippen LogP contribution in [0.5, 0.6) is 0 Å². The van der Waals surface area contributed by atoms with Crippen LogP contribution in [0.1, 0.15) is 60.3 Å².